The summed E-state index contributed by atoms with van der Waals surface area (Å²) >= 11 is 0. The molecule has 0 aromatic carbocycles. The Kier molecular flexibility index (Phi) is 3.17. The highest BCUT2D eigenvalue weighted by Gasteiger charge is 2.12. The Labute approximate surface area is 84.9 Å². The molecule has 0 aliphatic heterocycles. The summed E-state index contributed by atoms with van der Waals surface area (Å²) in [6, 6.07) is 1.78. The molecule has 1 rings (SSSR count). The molecule has 1 heterocycles. The number of aliphatic carboxylic acids is 1. The molecule has 0 saturated heterocycles. The maximum atomic E-state index is 10.4. The SMILES string of the molecule is C[C@@H](Nc1ccc([N+](=O)[O-])c[nH+]1)C(=O)[O-]. The van der Waals surface area contributed by atoms with Gasteiger partial charge in [-0.25, -0.2) is 4.98 Å². The number of nitrogens with zero attached hydrogens (tertiary/aromatic N) is 1. The normalized spacial score (nSPS) is 11.8. The van der Waals surface area contributed by atoms with Gasteiger partial charge in [0.2, 0.25) is 0 Å². The molecule has 1 atom stereocenters. The van der Waals surface area contributed by atoms with Crippen molar-refractivity contribution in [3.8, 4) is 0 Å². The molecule has 1 aromatic heterocycles. The minimum Gasteiger partial charge on any atom is -0.546 e. The minimum absolute atomic E-state index is 0.0957. The largest absolute Gasteiger partial charge is 0.546 e. The molecular weight excluding hydrogens is 202 g/mol. The van der Waals surface area contributed by atoms with Gasteiger partial charge in [0.15, 0.2) is 6.20 Å². The van der Waals surface area contributed by atoms with Crippen LogP contribution in [0.3, 0.4) is 0 Å². The van der Waals surface area contributed by atoms with Gasteiger partial charge in [-0.2, -0.15) is 0 Å². The molecule has 1 aromatic rings. The minimum atomic E-state index is -1.25. The van der Waals surface area contributed by atoms with Crippen LogP contribution in [0.5, 0.6) is 0 Å². The summed E-state index contributed by atoms with van der Waals surface area (Å²) in [5.74, 6) is -0.876. The molecule has 15 heavy (non-hydrogen) atoms. The topological polar surface area (TPSA) is 109 Å². The third-order valence-corrected chi connectivity index (χ3v) is 1.73. The van der Waals surface area contributed by atoms with E-state index in [1.54, 1.807) is 0 Å². The zero-order chi connectivity index (χ0) is 11.4. The molecule has 80 valence electrons. The van der Waals surface area contributed by atoms with Crippen LogP contribution < -0.4 is 15.4 Å². The summed E-state index contributed by atoms with van der Waals surface area (Å²) in [4.78, 5) is 22.7. The van der Waals surface area contributed by atoms with Crippen molar-refractivity contribution in [2.75, 3.05) is 5.32 Å². The lowest BCUT2D eigenvalue weighted by molar-refractivity contribution is -0.413. The van der Waals surface area contributed by atoms with Crippen molar-refractivity contribution >= 4 is 17.5 Å². The predicted octanol–water partition coefficient (Wildman–Crippen LogP) is -1.04. The number of carbonyl (C=O) groups excluding carboxylic acids is 1. The first-order valence-corrected chi connectivity index (χ1v) is 4.14. The third-order valence-electron chi connectivity index (χ3n) is 1.73. The van der Waals surface area contributed by atoms with Gasteiger partial charge in [0.25, 0.3) is 5.82 Å². The zero-order valence-electron chi connectivity index (χ0n) is 7.89. The van der Waals surface area contributed by atoms with Crippen LogP contribution in [0.2, 0.25) is 0 Å². The van der Waals surface area contributed by atoms with Gasteiger partial charge in [-0.1, -0.05) is 0 Å². The van der Waals surface area contributed by atoms with Crippen LogP contribution in [0.15, 0.2) is 18.3 Å². The molecule has 0 aliphatic carbocycles. The summed E-state index contributed by atoms with van der Waals surface area (Å²) < 4.78 is 0. The van der Waals surface area contributed by atoms with Crippen molar-refractivity contribution in [1.82, 2.24) is 0 Å². The van der Waals surface area contributed by atoms with Crippen molar-refractivity contribution in [2.24, 2.45) is 0 Å². The van der Waals surface area contributed by atoms with E-state index in [1.807, 2.05) is 0 Å². The molecule has 0 fully saturated rings. The Morgan fingerprint density at radius 1 is 1.60 bits per heavy atom. The number of carboxylic acids is 1. The number of pyridine rings is 1. The lowest BCUT2D eigenvalue weighted by Gasteiger charge is -2.08. The second-order valence-corrected chi connectivity index (χ2v) is 2.90. The van der Waals surface area contributed by atoms with Crippen LogP contribution in [0.25, 0.3) is 0 Å². The number of aromatic amines is 1. The smallest absolute Gasteiger partial charge is 0.308 e. The Bertz CT molecular complexity index is 376. The van der Waals surface area contributed by atoms with Crippen molar-refractivity contribution in [1.29, 1.82) is 0 Å². The lowest BCUT2D eigenvalue weighted by atomic mass is 10.3. The Morgan fingerprint density at radius 2 is 2.27 bits per heavy atom. The number of nitrogens with one attached hydrogen (secondary N) is 2. The molecule has 7 heteroatoms. The quantitative estimate of drug-likeness (QED) is 0.505. The summed E-state index contributed by atoms with van der Waals surface area (Å²) in [5.41, 5.74) is -0.0957. The van der Waals surface area contributed by atoms with Crippen LogP contribution in [-0.2, 0) is 4.79 Å². The van der Waals surface area contributed by atoms with Gasteiger partial charge in [-0.15, -0.1) is 0 Å². The number of hydrogen-bond acceptors (Lipinski definition) is 5. The Balaban J connectivity index is 2.72. The molecule has 2 N–H and O–H groups in total. The summed E-state index contributed by atoms with van der Waals surface area (Å²) in [5, 5.41) is 23.3. The average molecular weight is 211 g/mol. The number of aromatic nitrogens is 1. The molecule has 0 saturated carbocycles. The highest BCUT2D eigenvalue weighted by Crippen LogP contribution is 2.08. The van der Waals surface area contributed by atoms with Gasteiger partial charge in [0.1, 0.15) is 6.04 Å². The molecule has 0 radical (unpaired) electrons. The van der Waals surface area contributed by atoms with E-state index in [0.29, 0.717) is 5.82 Å². The average Bonchev–Trinajstić information content (AvgIpc) is 2.18. The van der Waals surface area contributed by atoms with Crippen molar-refractivity contribution < 1.29 is 19.8 Å². The third kappa shape index (κ3) is 2.90. The molecule has 7 nitrogen and oxygen atoms in total. The van der Waals surface area contributed by atoms with E-state index in [-0.39, 0.29) is 5.69 Å². The number of hydrogen-bond donors (Lipinski definition) is 1. The molecule has 0 unspecified atom stereocenters. The Morgan fingerprint density at radius 3 is 2.67 bits per heavy atom. The fraction of sp³-hybridized carbons (Fsp3) is 0.250. The van der Waals surface area contributed by atoms with Crippen LogP contribution in [0.4, 0.5) is 11.5 Å². The second kappa shape index (κ2) is 4.36. The highest BCUT2D eigenvalue weighted by atomic mass is 16.6. The summed E-state index contributed by atoms with van der Waals surface area (Å²) in [7, 11) is 0. The molecule has 0 bridgehead atoms. The molecular formula is C8H9N3O4. The van der Waals surface area contributed by atoms with Crippen molar-refractivity contribution in [3.05, 3.63) is 28.4 Å². The van der Waals surface area contributed by atoms with E-state index >= 15 is 0 Å². The highest BCUT2D eigenvalue weighted by molar-refractivity contribution is 5.73. The van der Waals surface area contributed by atoms with Gasteiger partial charge >= 0.3 is 5.69 Å². The number of anilines is 1. The first-order valence-electron chi connectivity index (χ1n) is 4.14. The van der Waals surface area contributed by atoms with E-state index in [0.717, 1.165) is 0 Å². The maximum absolute atomic E-state index is 10.4. The van der Waals surface area contributed by atoms with Crippen LogP contribution in [0.1, 0.15) is 6.92 Å². The lowest BCUT2D eigenvalue weighted by Crippen LogP contribution is -2.39. The van der Waals surface area contributed by atoms with E-state index < -0.39 is 16.9 Å². The van der Waals surface area contributed by atoms with E-state index in [9.17, 15) is 20.0 Å². The van der Waals surface area contributed by atoms with Crippen molar-refractivity contribution in [3.63, 3.8) is 0 Å². The second-order valence-electron chi connectivity index (χ2n) is 2.90. The number of nitro groups is 1. The number of H-pyrrole nitrogens is 1. The van der Waals surface area contributed by atoms with E-state index in [4.69, 9.17) is 0 Å². The number of carbonyl (C=O) groups is 1. The van der Waals surface area contributed by atoms with Crippen LogP contribution in [0, 0.1) is 10.1 Å². The fourth-order valence-electron chi connectivity index (χ4n) is 0.912. The maximum Gasteiger partial charge on any atom is 0.308 e. The zero-order valence-corrected chi connectivity index (χ0v) is 7.89. The van der Waals surface area contributed by atoms with Crippen LogP contribution in [-0.4, -0.2) is 16.9 Å². The molecule has 0 aliphatic rings. The van der Waals surface area contributed by atoms with E-state index in [1.165, 1.54) is 25.3 Å². The number of rotatable bonds is 4. The van der Waals surface area contributed by atoms with Crippen molar-refractivity contribution in [2.45, 2.75) is 13.0 Å². The molecule has 0 spiro atoms. The number of carboxylic acid groups (broad SMARTS) is 1. The van der Waals surface area contributed by atoms with Crippen LogP contribution >= 0.6 is 0 Å². The Hall–Kier alpha value is -2.18. The van der Waals surface area contributed by atoms with Gasteiger partial charge < -0.3 is 9.90 Å². The van der Waals surface area contributed by atoms with Gasteiger partial charge in [-0.3, -0.25) is 15.4 Å². The first kappa shape index (κ1) is 10.9. The predicted molar refractivity (Wildman–Crippen MR) is 47.7 cm³/mol. The first-order chi connectivity index (χ1) is 7.00. The van der Waals surface area contributed by atoms with E-state index in [2.05, 4.69) is 10.3 Å². The summed E-state index contributed by atoms with van der Waals surface area (Å²) in [6.45, 7) is 1.41. The fourth-order valence-corrected chi connectivity index (χ4v) is 0.912. The standard InChI is InChI=1S/C8H9N3O4/c1-5(8(12)13)10-7-3-2-6(4-9-7)11(14)15/h2-5H,1H3,(H,9,10)(H,12,13)/t5-/m1/s1. The van der Waals surface area contributed by atoms with Gasteiger partial charge in [0.05, 0.1) is 10.9 Å². The molecule has 0 amide bonds. The van der Waals surface area contributed by atoms with Gasteiger partial charge in [0, 0.05) is 12.1 Å². The monoisotopic (exact) mass is 211 g/mol. The van der Waals surface area contributed by atoms with Gasteiger partial charge in [-0.05, 0) is 6.92 Å². The summed E-state index contributed by atoms with van der Waals surface area (Å²) in [6.07, 6.45) is 1.17.